The number of hydrogen-bond donors (Lipinski definition) is 1. The van der Waals surface area contributed by atoms with Gasteiger partial charge >= 0.3 is 0 Å². The highest BCUT2D eigenvalue weighted by atomic mass is 35.5. The van der Waals surface area contributed by atoms with E-state index >= 15 is 0 Å². The summed E-state index contributed by atoms with van der Waals surface area (Å²) in [6, 6.07) is 10.8. The number of thioether (sulfide) groups is 1. The van der Waals surface area contributed by atoms with Crippen molar-refractivity contribution in [2.45, 2.75) is 16.7 Å². The van der Waals surface area contributed by atoms with Crippen molar-refractivity contribution in [3.05, 3.63) is 59.4 Å². The molecule has 2 aromatic rings. The molecule has 0 aliphatic carbocycles. The minimum absolute atomic E-state index is 0.279. The van der Waals surface area contributed by atoms with Crippen LogP contribution in [-0.4, -0.2) is 27.1 Å². The van der Waals surface area contributed by atoms with E-state index in [1.807, 2.05) is 12.1 Å². The van der Waals surface area contributed by atoms with Crippen LogP contribution in [0.4, 0.5) is 0 Å². The number of rotatable bonds is 4. The van der Waals surface area contributed by atoms with Gasteiger partial charge < -0.3 is 0 Å². The summed E-state index contributed by atoms with van der Waals surface area (Å²) in [5.74, 6) is -0.613. The van der Waals surface area contributed by atoms with E-state index in [1.54, 1.807) is 36.7 Å². The predicted octanol–water partition coefficient (Wildman–Crippen LogP) is 2.27. The van der Waals surface area contributed by atoms with Crippen molar-refractivity contribution in [1.29, 1.82) is 0 Å². The van der Waals surface area contributed by atoms with Crippen LogP contribution < -0.4 is 5.43 Å². The summed E-state index contributed by atoms with van der Waals surface area (Å²) in [5.41, 5.74) is 3.44. The van der Waals surface area contributed by atoms with Crippen LogP contribution in [0.1, 0.15) is 5.56 Å². The van der Waals surface area contributed by atoms with Crippen LogP contribution in [0.5, 0.6) is 0 Å². The molecule has 0 spiro atoms. The van der Waals surface area contributed by atoms with Gasteiger partial charge in [-0.1, -0.05) is 29.8 Å². The van der Waals surface area contributed by atoms with Crippen LogP contribution in [-0.2, 0) is 16.1 Å². The van der Waals surface area contributed by atoms with Gasteiger partial charge in [-0.25, -0.2) is 5.01 Å². The Labute approximate surface area is 136 Å². The molecule has 2 amide bonds. The van der Waals surface area contributed by atoms with Gasteiger partial charge in [-0.2, -0.15) is 0 Å². The first-order chi connectivity index (χ1) is 10.6. The van der Waals surface area contributed by atoms with Gasteiger partial charge in [-0.05, 0) is 23.8 Å². The van der Waals surface area contributed by atoms with Crippen molar-refractivity contribution in [2.24, 2.45) is 0 Å². The summed E-state index contributed by atoms with van der Waals surface area (Å²) in [6.07, 6.45) is 3.32. The zero-order chi connectivity index (χ0) is 15.5. The Bertz CT molecular complexity index is 711. The molecule has 1 aliphatic heterocycles. The van der Waals surface area contributed by atoms with E-state index in [9.17, 15) is 9.59 Å². The van der Waals surface area contributed by atoms with Crippen LogP contribution >= 0.6 is 23.4 Å². The van der Waals surface area contributed by atoms with Crippen LogP contribution in [0, 0.1) is 0 Å². The average molecular weight is 334 g/mol. The third kappa shape index (κ3) is 3.08. The Hall–Kier alpha value is -2.05. The Morgan fingerprint density at radius 3 is 2.77 bits per heavy atom. The third-order valence-corrected chi connectivity index (χ3v) is 4.82. The molecule has 112 valence electrons. The molecule has 1 N–H and O–H groups in total. The summed E-state index contributed by atoms with van der Waals surface area (Å²) >= 11 is 7.24. The molecule has 1 atom stereocenters. The molecule has 5 nitrogen and oxygen atoms in total. The maximum Gasteiger partial charge on any atom is 0.264 e. The molecule has 3 rings (SSSR count). The number of pyridine rings is 1. The lowest BCUT2D eigenvalue weighted by atomic mass is 10.3. The van der Waals surface area contributed by atoms with E-state index in [4.69, 9.17) is 11.6 Å². The van der Waals surface area contributed by atoms with Crippen LogP contribution in [0.15, 0.2) is 53.7 Å². The minimum Gasteiger partial charge on any atom is -0.271 e. The van der Waals surface area contributed by atoms with Crippen molar-refractivity contribution in [3.63, 3.8) is 0 Å². The molecule has 0 saturated carbocycles. The van der Waals surface area contributed by atoms with Gasteiger partial charge in [0.2, 0.25) is 0 Å². The number of carbonyl (C=O) groups excluding carboxylic acids is 2. The van der Waals surface area contributed by atoms with Crippen molar-refractivity contribution in [1.82, 2.24) is 15.4 Å². The van der Waals surface area contributed by atoms with Gasteiger partial charge in [0, 0.05) is 17.3 Å². The standard InChI is InChI=1S/C15H12ClN3O2S/c16-11-5-1-2-6-12(11)22-13-14(20)18-19(15(13)21)9-10-4-3-7-17-8-10/h1-8,13H,9H2,(H,18,20). The molecular formula is C15H12ClN3O2S. The van der Waals surface area contributed by atoms with Gasteiger partial charge in [0.05, 0.1) is 11.6 Å². The van der Waals surface area contributed by atoms with Gasteiger partial charge in [-0.15, -0.1) is 11.8 Å². The lowest BCUT2D eigenvalue weighted by Gasteiger charge is -2.15. The molecular weight excluding hydrogens is 322 g/mol. The lowest BCUT2D eigenvalue weighted by Crippen LogP contribution is -2.35. The first-order valence-electron chi connectivity index (χ1n) is 6.57. The molecule has 1 aliphatic rings. The molecule has 2 heterocycles. The number of nitrogens with one attached hydrogen (secondary N) is 1. The number of halogens is 1. The van der Waals surface area contributed by atoms with E-state index < -0.39 is 5.25 Å². The number of hydrazine groups is 1. The molecule has 1 unspecified atom stereocenters. The van der Waals surface area contributed by atoms with Gasteiger partial charge in [0.15, 0.2) is 5.25 Å². The Morgan fingerprint density at radius 1 is 1.23 bits per heavy atom. The molecule has 1 aromatic heterocycles. The zero-order valence-electron chi connectivity index (χ0n) is 11.4. The van der Waals surface area contributed by atoms with Gasteiger partial charge in [0.1, 0.15) is 0 Å². The van der Waals surface area contributed by atoms with E-state index in [-0.39, 0.29) is 18.4 Å². The number of aromatic nitrogens is 1. The van der Waals surface area contributed by atoms with E-state index in [0.29, 0.717) is 9.92 Å². The van der Waals surface area contributed by atoms with E-state index in [0.717, 1.165) is 17.3 Å². The highest BCUT2D eigenvalue weighted by Crippen LogP contribution is 2.32. The quantitative estimate of drug-likeness (QED) is 0.872. The molecule has 1 aromatic carbocycles. The monoisotopic (exact) mass is 333 g/mol. The summed E-state index contributed by atoms with van der Waals surface area (Å²) in [4.78, 5) is 29.1. The van der Waals surface area contributed by atoms with E-state index in [2.05, 4.69) is 10.4 Å². The maximum atomic E-state index is 12.4. The minimum atomic E-state index is -0.823. The summed E-state index contributed by atoms with van der Waals surface area (Å²) in [5, 5.41) is 1.02. The number of amides is 2. The lowest BCUT2D eigenvalue weighted by molar-refractivity contribution is -0.130. The molecule has 22 heavy (non-hydrogen) atoms. The fourth-order valence-electron chi connectivity index (χ4n) is 2.06. The normalized spacial score (nSPS) is 17.7. The predicted molar refractivity (Wildman–Crippen MR) is 84.0 cm³/mol. The first-order valence-corrected chi connectivity index (χ1v) is 7.83. The van der Waals surface area contributed by atoms with Crippen LogP contribution in [0.3, 0.4) is 0 Å². The number of benzene rings is 1. The highest BCUT2D eigenvalue weighted by molar-refractivity contribution is 8.01. The largest absolute Gasteiger partial charge is 0.271 e. The summed E-state index contributed by atoms with van der Waals surface area (Å²) < 4.78 is 0. The second-order valence-electron chi connectivity index (χ2n) is 4.69. The molecule has 0 bridgehead atoms. The average Bonchev–Trinajstić information content (AvgIpc) is 2.78. The van der Waals surface area contributed by atoms with Crippen molar-refractivity contribution in [3.8, 4) is 0 Å². The molecule has 0 radical (unpaired) electrons. The zero-order valence-corrected chi connectivity index (χ0v) is 13.0. The molecule has 7 heteroatoms. The fraction of sp³-hybridized carbons (Fsp3) is 0.133. The van der Waals surface area contributed by atoms with Gasteiger partial charge in [-0.3, -0.25) is 20.0 Å². The smallest absolute Gasteiger partial charge is 0.264 e. The van der Waals surface area contributed by atoms with Crippen LogP contribution in [0.2, 0.25) is 5.02 Å². The number of carbonyl (C=O) groups is 2. The molecule has 1 fully saturated rings. The summed E-state index contributed by atoms with van der Waals surface area (Å²) in [7, 11) is 0. The second-order valence-corrected chi connectivity index (χ2v) is 6.24. The third-order valence-electron chi connectivity index (χ3n) is 3.12. The summed E-state index contributed by atoms with van der Waals surface area (Å²) in [6.45, 7) is 0.290. The Morgan fingerprint density at radius 2 is 2.05 bits per heavy atom. The van der Waals surface area contributed by atoms with E-state index in [1.165, 1.54) is 5.01 Å². The first kappa shape index (κ1) is 14.9. The Kier molecular flexibility index (Phi) is 4.31. The maximum absolute atomic E-state index is 12.4. The van der Waals surface area contributed by atoms with Crippen molar-refractivity contribution in [2.75, 3.05) is 0 Å². The highest BCUT2D eigenvalue weighted by Gasteiger charge is 2.40. The fourth-order valence-corrected chi connectivity index (χ4v) is 3.31. The number of nitrogens with zero attached hydrogens (tertiary/aromatic N) is 2. The topological polar surface area (TPSA) is 62.3 Å². The van der Waals surface area contributed by atoms with Crippen LogP contribution in [0.25, 0.3) is 0 Å². The van der Waals surface area contributed by atoms with Crippen molar-refractivity contribution >= 4 is 35.2 Å². The Balaban J connectivity index is 1.73. The van der Waals surface area contributed by atoms with Crippen molar-refractivity contribution < 1.29 is 9.59 Å². The van der Waals surface area contributed by atoms with Gasteiger partial charge in [0.25, 0.3) is 11.8 Å². The number of hydrogen-bond acceptors (Lipinski definition) is 4. The molecule has 1 saturated heterocycles. The SMILES string of the molecule is O=C1NN(Cc2cccnc2)C(=O)C1Sc1ccccc1Cl. The second kappa shape index (κ2) is 6.37.